The predicted molar refractivity (Wildman–Crippen MR) is 132 cm³/mol. The van der Waals surface area contributed by atoms with E-state index in [4.69, 9.17) is 5.73 Å². The Bertz CT molecular complexity index is 690. The van der Waals surface area contributed by atoms with Crippen LogP contribution in [0.1, 0.15) is 62.1 Å². The van der Waals surface area contributed by atoms with Gasteiger partial charge in [0.05, 0.1) is 0 Å². The number of unbranched alkanes of at least 4 members (excludes halogenated alkanes) is 3. The molecule has 1 aliphatic carbocycles. The molecule has 0 saturated carbocycles. The molecule has 0 aromatic heterocycles. The van der Waals surface area contributed by atoms with Crippen molar-refractivity contribution in [3.8, 4) is 0 Å². The smallest absolute Gasteiger partial charge is 0.0349 e. The van der Waals surface area contributed by atoms with Crippen molar-refractivity contribution in [1.82, 2.24) is 4.90 Å². The number of nitrogen functional groups attached to an aromatic ring is 1. The monoisotopic (exact) mass is 436 g/mol. The molecule has 1 atom stereocenters. The Labute approximate surface area is 190 Å². The lowest BCUT2D eigenvalue weighted by molar-refractivity contribution is 0.176. The molecule has 0 bridgehead atoms. The quantitative estimate of drug-likeness (QED) is 0.340. The maximum Gasteiger partial charge on any atom is 0.0349 e. The normalized spacial score (nSPS) is 15.3. The second-order valence-corrected chi connectivity index (χ2v) is 8.07. The largest absolute Gasteiger partial charge is 0.398 e. The van der Waals surface area contributed by atoms with Crippen LogP contribution in [0.2, 0.25) is 0 Å². The average molecular weight is 437 g/mol. The van der Waals surface area contributed by atoms with Crippen LogP contribution in [0.15, 0.2) is 48.5 Å². The molecule has 0 amide bonds. The van der Waals surface area contributed by atoms with Gasteiger partial charge in [-0.15, -0.1) is 24.8 Å². The number of halogens is 2. The zero-order valence-corrected chi connectivity index (χ0v) is 19.4. The number of hydrogen-bond donors (Lipinski definition) is 1. The van der Waals surface area contributed by atoms with Crippen molar-refractivity contribution in [3.05, 3.63) is 65.2 Å². The number of fused-ring (bicyclic) bond motifs is 1. The van der Waals surface area contributed by atoms with E-state index in [1.807, 2.05) is 0 Å². The van der Waals surface area contributed by atoms with Gasteiger partial charge in [0.25, 0.3) is 0 Å². The van der Waals surface area contributed by atoms with Gasteiger partial charge in [0.1, 0.15) is 0 Å². The molecule has 0 spiro atoms. The Hall–Kier alpha value is -1.22. The molecule has 0 heterocycles. The Morgan fingerprint density at radius 2 is 1.66 bits per heavy atom. The minimum Gasteiger partial charge on any atom is -0.398 e. The Morgan fingerprint density at radius 3 is 2.41 bits per heavy atom. The molecule has 0 saturated heterocycles. The molecule has 2 N–H and O–H groups in total. The first-order valence-electron chi connectivity index (χ1n) is 10.9. The first kappa shape index (κ1) is 25.8. The van der Waals surface area contributed by atoms with Crippen LogP contribution in [0.4, 0.5) is 5.69 Å². The van der Waals surface area contributed by atoms with Crippen molar-refractivity contribution in [3.63, 3.8) is 0 Å². The summed E-state index contributed by atoms with van der Waals surface area (Å²) in [7, 11) is 0. The fraction of sp³-hybridized carbons (Fsp3) is 0.520. The fourth-order valence-electron chi connectivity index (χ4n) is 4.54. The summed E-state index contributed by atoms with van der Waals surface area (Å²) in [5, 5.41) is 0. The van der Waals surface area contributed by atoms with E-state index in [2.05, 4.69) is 60.4 Å². The van der Waals surface area contributed by atoms with Crippen molar-refractivity contribution in [2.45, 2.75) is 70.8 Å². The van der Waals surface area contributed by atoms with E-state index in [0.717, 1.165) is 12.1 Å². The third-order valence-electron chi connectivity index (χ3n) is 6.02. The maximum absolute atomic E-state index is 6.18. The summed E-state index contributed by atoms with van der Waals surface area (Å²) in [6.45, 7) is 4.79. The zero-order chi connectivity index (χ0) is 18.9. The highest BCUT2D eigenvalue weighted by atomic mass is 35.5. The third-order valence-corrected chi connectivity index (χ3v) is 6.02. The van der Waals surface area contributed by atoms with E-state index in [1.54, 1.807) is 0 Å². The summed E-state index contributed by atoms with van der Waals surface area (Å²) in [6, 6.07) is 18.0. The van der Waals surface area contributed by atoms with E-state index in [9.17, 15) is 0 Å². The Kier molecular flexibility index (Phi) is 12.4. The first-order chi connectivity index (χ1) is 13.3. The van der Waals surface area contributed by atoms with Crippen molar-refractivity contribution in [2.24, 2.45) is 0 Å². The Balaban J connectivity index is 0.00000210. The van der Waals surface area contributed by atoms with Gasteiger partial charge in [-0.3, -0.25) is 0 Å². The van der Waals surface area contributed by atoms with Crippen LogP contribution >= 0.6 is 24.8 Å². The van der Waals surface area contributed by atoms with Gasteiger partial charge >= 0.3 is 0 Å². The molecule has 1 aliphatic rings. The summed E-state index contributed by atoms with van der Waals surface area (Å²) < 4.78 is 0. The van der Waals surface area contributed by atoms with Gasteiger partial charge in [0.15, 0.2) is 0 Å². The maximum atomic E-state index is 6.18. The SMILES string of the molecule is CCCN(CCCCCCc1ccccc1)C1CCc2c(N)cccc2C1.Cl.Cl. The van der Waals surface area contributed by atoms with Crippen LogP contribution in [-0.4, -0.2) is 24.0 Å². The van der Waals surface area contributed by atoms with Gasteiger partial charge in [0.2, 0.25) is 0 Å². The molecule has 29 heavy (non-hydrogen) atoms. The lowest BCUT2D eigenvalue weighted by atomic mass is 9.86. The van der Waals surface area contributed by atoms with Crippen molar-refractivity contribution >= 4 is 30.5 Å². The lowest BCUT2D eigenvalue weighted by Crippen LogP contribution is -2.40. The van der Waals surface area contributed by atoms with E-state index in [-0.39, 0.29) is 24.8 Å². The molecule has 2 nitrogen and oxygen atoms in total. The van der Waals surface area contributed by atoms with Gasteiger partial charge < -0.3 is 10.6 Å². The second kappa shape index (κ2) is 13.9. The summed E-state index contributed by atoms with van der Waals surface area (Å²) >= 11 is 0. The number of nitrogens with two attached hydrogens (primary N) is 1. The molecule has 3 rings (SSSR count). The summed E-state index contributed by atoms with van der Waals surface area (Å²) in [5.41, 5.74) is 11.5. The number of nitrogens with zero attached hydrogens (tertiary/aromatic N) is 1. The highest BCUT2D eigenvalue weighted by Gasteiger charge is 2.24. The number of rotatable bonds is 10. The van der Waals surface area contributed by atoms with Gasteiger partial charge in [-0.2, -0.15) is 0 Å². The second-order valence-electron chi connectivity index (χ2n) is 8.07. The fourth-order valence-corrected chi connectivity index (χ4v) is 4.54. The van der Waals surface area contributed by atoms with E-state index in [0.29, 0.717) is 6.04 Å². The summed E-state index contributed by atoms with van der Waals surface area (Å²) in [4.78, 5) is 2.75. The summed E-state index contributed by atoms with van der Waals surface area (Å²) in [6.07, 6.45) is 11.4. The van der Waals surface area contributed by atoms with Crippen LogP contribution < -0.4 is 5.73 Å². The molecule has 162 valence electrons. The van der Waals surface area contributed by atoms with E-state index < -0.39 is 0 Å². The van der Waals surface area contributed by atoms with Gasteiger partial charge in [-0.05, 0) is 80.8 Å². The van der Waals surface area contributed by atoms with Crippen molar-refractivity contribution in [1.29, 1.82) is 0 Å². The molecule has 0 radical (unpaired) electrons. The zero-order valence-electron chi connectivity index (χ0n) is 17.8. The summed E-state index contributed by atoms with van der Waals surface area (Å²) in [5.74, 6) is 0. The van der Waals surface area contributed by atoms with Crippen LogP contribution in [0.3, 0.4) is 0 Å². The molecule has 2 aromatic rings. The molecular formula is C25H38Cl2N2. The van der Waals surface area contributed by atoms with E-state index in [1.165, 1.54) is 81.1 Å². The van der Waals surface area contributed by atoms with Crippen molar-refractivity contribution < 1.29 is 0 Å². The predicted octanol–water partition coefficient (Wildman–Crippen LogP) is 6.48. The molecule has 2 aromatic carbocycles. The van der Waals surface area contributed by atoms with Gasteiger partial charge in [0, 0.05) is 11.7 Å². The van der Waals surface area contributed by atoms with Crippen LogP contribution in [0.5, 0.6) is 0 Å². The highest BCUT2D eigenvalue weighted by molar-refractivity contribution is 5.85. The van der Waals surface area contributed by atoms with Crippen LogP contribution in [-0.2, 0) is 19.3 Å². The molecular weight excluding hydrogens is 399 g/mol. The molecule has 0 aliphatic heterocycles. The minimum atomic E-state index is 0. The molecule has 1 unspecified atom stereocenters. The minimum absolute atomic E-state index is 0. The lowest BCUT2D eigenvalue weighted by Gasteiger charge is -2.35. The number of aryl methyl sites for hydroxylation is 1. The Morgan fingerprint density at radius 1 is 0.897 bits per heavy atom. The topological polar surface area (TPSA) is 29.3 Å². The highest BCUT2D eigenvalue weighted by Crippen LogP contribution is 2.28. The number of hydrogen-bond acceptors (Lipinski definition) is 2. The van der Waals surface area contributed by atoms with Crippen molar-refractivity contribution in [2.75, 3.05) is 18.8 Å². The molecule has 0 fully saturated rings. The number of anilines is 1. The standard InChI is InChI=1S/C25H36N2.2ClH/c1-2-18-27(19-9-4-3-6-11-21-12-7-5-8-13-21)23-16-17-24-22(20-23)14-10-15-25(24)26;;/h5,7-8,10,12-15,23H,2-4,6,9,11,16-20,26H2,1H3;2*1H. The van der Waals surface area contributed by atoms with Gasteiger partial charge in [-0.25, -0.2) is 0 Å². The van der Waals surface area contributed by atoms with E-state index >= 15 is 0 Å². The van der Waals surface area contributed by atoms with Gasteiger partial charge in [-0.1, -0.05) is 62.2 Å². The molecule has 4 heteroatoms. The van der Waals surface area contributed by atoms with Crippen LogP contribution in [0.25, 0.3) is 0 Å². The third kappa shape index (κ3) is 7.85. The number of benzene rings is 2. The average Bonchev–Trinajstić information content (AvgIpc) is 2.70. The van der Waals surface area contributed by atoms with Crippen LogP contribution in [0, 0.1) is 0 Å². The first-order valence-corrected chi connectivity index (χ1v) is 10.9.